The van der Waals surface area contributed by atoms with Crippen LogP contribution in [0.25, 0.3) is 0 Å². The quantitative estimate of drug-likeness (QED) is 0.189. The molecule has 1 aliphatic carbocycles. The molecule has 0 saturated heterocycles. The van der Waals surface area contributed by atoms with Gasteiger partial charge in [-0.2, -0.15) is 18.2 Å². The van der Waals surface area contributed by atoms with Crippen molar-refractivity contribution in [3.63, 3.8) is 0 Å². The molecule has 0 spiro atoms. The lowest BCUT2D eigenvalue weighted by molar-refractivity contribution is -0.139. The number of carbonyl (C=O) groups is 2. The van der Waals surface area contributed by atoms with Gasteiger partial charge < -0.3 is 23.6 Å². The number of aromatic nitrogens is 3. The van der Waals surface area contributed by atoms with Crippen LogP contribution >= 0.6 is 0 Å². The number of amides is 1. The highest BCUT2D eigenvalue weighted by atomic mass is 19.4. The molecule has 0 bridgehead atoms. The van der Waals surface area contributed by atoms with Crippen LogP contribution in [-0.4, -0.2) is 53.9 Å². The molecule has 0 N–H and O–H groups in total. The summed E-state index contributed by atoms with van der Waals surface area (Å²) in [5.74, 6) is -0.493. The van der Waals surface area contributed by atoms with Gasteiger partial charge in [0.05, 0.1) is 31.0 Å². The molecule has 0 aliphatic heterocycles. The van der Waals surface area contributed by atoms with Crippen LogP contribution in [0.15, 0.2) is 35.0 Å². The first-order chi connectivity index (χ1) is 21.8. The number of rotatable bonds is 12. The van der Waals surface area contributed by atoms with Crippen molar-refractivity contribution in [3.8, 4) is 11.6 Å². The number of alkyl halides is 3. The van der Waals surface area contributed by atoms with Gasteiger partial charge in [0.2, 0.25) is 17.7 Å². The van der Waals surface area contributed by atoms with E-state index in [1.54, 1.807) is 6.92 Å². The highest BCUT2D eigenvalue weighted by molar-refractivity contribution is 6.04. The van der Waals surface area contributed by atoms with Gasteiger partial charge in [0.25, 0.3) is 0 Å². The molecule has 4 rings (SSSR count). The predicted octanol–water partition coefficient (Wildman–Crippen LogP) is 7.17. The molecule has 2 heterocycles. The molecular formula is C33H41F3N4O6. The van der Waals surface area contributed by atoms with Crippen LogP contribution in [0, 0.1) is 11.8 Å². The van der Waals surface area contributed by atoms with Crippen LogP contribution < -0.4 is 9.64 Å². The molecule has 0 radical (unpaired) electrons. The van der Waals surface area contributed by atoms with E-state index >= 15 is 0 Å². The smallest absolute Gasteiger partial charge is 0.421 e. The Hall–Kier alpha value is -4.00. The first kappa shape index (κ1) is 34.9. The highest BCUT2D eigenvalue weighted by Gasteiger charge is 2.37. The van der Waals surface area contributed by atoms with Crippen molar-refractivity contribution in [2.24, 2.45) is 11.8 Å². The van der Waals surface area contributed by atoms with Gasteiger partial charge in [0.15, 0.2) is 5.82 Å². The summed E-state index contributed by atoms with van der Waals surface area (Å²) in [7, 11) is 2.71. The number of benzene rings is 1. The van der Waals surface area contributed by atoms with Crippen LogP contribution in [0.4, 0.5) is 18.9 Å². The normalized spacial score (nSPS) is 17.5. The SMILES string of the molecule is COC[C@H](C)N(C(=O)C1CCC(C)CC1)c1ccc(Oc2ncc(CCc3nc(C(C)C)no3)cc2C(F)(F)F)cc1C(=O)OC. The zero-order chi connectivity index (χ0) is 33.6. The number of hydrogen-bond donors (Lipinski definition) is 0. The van der Waals surface area contributed by atoms with Crippen molar-refractivity contribution in [3.05, 3.63) is 58.9 Å². The maximum atomic E-state index is 14.2. The van der Waals surface area contributed by atoms with Crippen LogP contribution in [0.2, 0.25) is 0 Å². The number of ether oxygens (including phenoxy) is 3. The number of nitrogens with zero attached hydrogens (tertiary/aromatic N) is 4. The van der Waals surface area contributed by atoms with E-state index in [4.69, 9.17) is 18.7 Å². The summed E-state index contributed by atoms with van der Waals surface area (Å²) < 4.78 is 63.7. The number of esters is 1. The molecule has 0 unspecified atom stereocenters. The van der Waals surface area contributed by atoms with Gasteiger partial charge >= 0.3 is 12.1 Å². The zero-order valence-electron chi connectivity index (χ0n) is 27.0. The summed E-state index contributed by atoms with van der Waals surface area (Å²) in [5.41, 5.74) is -0.563. The zero-order valence-corrected chi connectivity index (χ0v) is 27.0. The molecule has 1 aliphatic rings. The number of carbonyl (C=O) groups excluding carboxylic acids is 2. The maximum absolute atomic E-state index is 14.2. The van der Waals surface area contributed by atoms with Gasteiger partial charge in [-0.3, -0.25) is 4.79 Å². The van der Waals surface area contributed by atoms with Gasteiger partial charge in [-0.15, -0.1) is 0 Å². The molecule has 3 aromatic rings. The number of methoxy groups -OCH3 is 2. The van der Waals surface area contributed by atoms with Gasteiger partial charge in [-0.25, -0.2) is 9.78 Å². The molecule has 1 aromatic carbocycles. The minimum Gasteiger partial charge on any atom is -0.465 e. The Kier molecular flexibility index (Phi) is 11.4. The second-order valence-electron chi connectivity index (χ2n) is 12.1. The second kappa shape index (κ2) is 15.1. The second-order valence-corrected chi connectivity index (χ2v) is 12.1. The number of pyridine rings is 1. The fourth-order valence-corrected chi connectivity index (χ4v) is 5.54. The molecule has 10 nitrogen and oxygen atoms in total. The Morgan fingerprint density at radius 1 is 1.07 bits per heavy atom. The van der Waals surface area contributed by atoms with Gasteiger partial charge in [0, 0.05) is 31.6 Å². The average Bonchev–Trinajstić information content (AvgIpc) is 3.50. The number of halogens is 3. The number of aryl methyl sites for hydroxylation is 2. The lowest BCUT2D eigenvalue weighted by atomic mass is 9.82. The fourth-order valence-electron chi connectivity index (χ4n) is 5.54. The lowest BCUT2D eigenvalue weighted by Gasteiger charge is -2.35. The van der Waals surface area contributed by atoms with Crippen LogP contribution in [0.5, 0.6) is 11.6 Å². The Labute approximate surface area is 266 Å². The van der Waals surface area contributed by atoms with E-state index in [2.05, 4.69) is 22.0 Å². The fraction of sp³-hybridized carbons (Fsp3) is 0.545. The monoisotopic (exact) mass is 646 g/mol. The van der Waals surface area contributed by atoms with Crippen LogP contribution in [-0.2, 0) is 33.3 Å². The van der Waals surface area contributed by atoms with E-state index < -0.39 is 29.6 Å². The van der Waals surface area contributed by atoms with E-state index in [0.717, 1.165) is 31.7 Å². The van der Waals surface area contributed by atoms with Crippen molar-refractivity contribution in [2.75, 3.05) is 25.7 Å². The van der Waals surface area contributed by atoms with Crippen LogP contribution in [0.3, 0.4) is 0 Å². The van der Waals surface area contributed by atoms with E-state index in [1.807, 2.05) is 13.8 Å². The summed E-state index contributed by atoms with van der Waals surface area (Å²) in [4.78, 5) is 36.6. The third-order valence-corrected chi connectivity index (χ3v) is 8.14. The highest BCUT2D eigenvalue weighted by Crippen LogP contribution is 2.39. The van der Waals surface area contributed by atoms with Crippen molar-refractivity contribution in [1.82, 2.24) is 15.1 Å². The average molecular weight is 647 g/mol. The van der Waals surface area contributed by atoms with E-state index in [0.29, 0.717) is 23.2 Å². The van der Waals surface area contributed by atoms with Gasteiger partial charge in [-0.05, 0) is 74.8 Å². The molecule has 1 fully saturated rings. The van der Waals surface area contributed by atoms with Crippen molar-refractivity contribution >= 4 is 17.6 Å². The van der Waals surface area contributed by atoms with Crippen LogP contribution in [0.1, 0.15) is 92.5 Å². The van der Waals surface area contributed by atoms with E-state index in [9.17, 15) is 22.8 Å². The van der Waals surface area contributed by atoms with Crippen molar-refractivity contribution in [1.29, 1.82) is 0 Å². The summed E-state index contributed by atoms with van der Waals surface area (Å²) in [6.07, 6.45) is 0.209. The topological polar surface area (TPSA) is 117 Å². The minimum absolute atomic E-state index is 0.0361. The predicted molar refractivity (Wildman–Crippen MR) is 163 cm³/mol. The molecule has 1 amide bonds. The Morgan fingerprint density at radius 3 is 2.39 bits per heavy atom. The first-order valence-electron chi connectivity index (χ1n) is 15.4. The minimum atomic E-state index is -4.78. The van der Waals surface area contributed by atoms with E-state index in [-0.39, 0.29) is 54.2 Å². The number of hydrogen-bond acceptors (Lipinski definition) is 9. The summed E-state index contributed by atoms with van der Waals surface area (Å²) in [5, 5.41) is 3.88. The molecule has 1 saturated carbocycles. The first-order valence-corrected chi connectivity index (χ1v) is 15.4. The Morgan fingerprint density at radius 2 is 1.78 bits per heavy atom. The summed E-state index contributed by atoms with van der Waals surface area (Å²) in [6.45, 7) is 7.98. The molecular weight excluding hydrogens is 605 g/mol. The third kappa shape index (κ3) is 8.42. The third-order valence-electron chi connectivity index (χ3n) is 8.14. The summed E-state index contributed by atoms with van der Waals surface area (Å²) in [6, 6.07) is 4.68. The molecule has 1 atom stereocenters. The number of anilines is 1. The molecule has 250 valence electrons. The summed E-state index contributed by atoms with van der Waals surface area (Å²) >= 11 is 0. The van der Waals surface area contributed by atoms with Crippen molar-refractivity contribution < 1.29 is 41.5 Å². The lowest BCUT2D eigenvalue weighted by Crippen LogP contribution is -2.46. The Balaban J connectivity index is 1.64. The maximum Gasteiger partial charge on any atom is 0.421 e. The molecule has 2 aromatic heterocycles. The molecule has 46 heavy (non-hydrogen) atoms. The van der Waals surface area contributed by atoms with Gasteiger partial charge in [0.1, 0.15) is 11.3 Å². The standard InChI is InChI=1S/C33H41F3N4O6/c1-19(2)29-38-28(46-39-29)14-9-22-15-26(33(34,35)36)30(37-17-22)45-24-12-13-27(25(16-24)32(42)44-6)40(21(4)18-43-5)31(41)23-10-7-20(3)8-11-23/h12-13,15-17,19-21,23H,7-11,14,18H2,1-6H3/t20?,21-,23?/m0/s1. The van der Waals surface area contributed by atoms with Gasteiger partial charge in [-0.1, -0.05) is 25.9 Å². The van der Waals surface area contributed by atoms with Crippen molar-refractivity contribution in [2.45, 2.75) is 84.4 Å². The largest absolute Gasteiger partial charge is 0.465 e. The Bertz CT molecular complexity index is 1500. The van der Waals surface area contributed by atoms with E-state index in [1.165, 1.54) is 43.5 Å². The molecule has 13 heteroatoms.